The van der Waals surface area contributed by atoms with E-state index in [0.717, 1.165) is 0 Å². The zero-order chi connectivity index (χ0) is 23.5. The highest BCUT2D eigenvalue weighted by atomic mass is 16.6. The number of hydrogen-bond donors (Lipinski definition) is 1. The number of rotatable bonds is 6. The fraction of sp³-hybridized carbons (Fsp3) is 0.125. The van der Waals surface area contributed by atoms with E-state index in [0.29, 0.717) is 22.2 Å². The van der Waals surface area contributed by atoms with Crippen molar-refractivity contribution in [1.82, 2.24) is 4.98 Å². The van der Waals surface area contributed by atoms with Gasteiger partial charge in [0.2, 0.25) is 5.89 Å². The van der Waals surface area contributed by atoms with E-state index < -0.39 is 22.9 Å². The number of fused-ring (bicyclic) bond motifs is 1. The first-order chi connectivity index (χ1) is 15.8. The van der Waals surface area contributed by atoms with Gasteiger partial charge in [0.1, 0.15) is 5.52 Å². The summed E-state index contributed by atoms with van der Waals surface area (Å²) < 4.78 is 11.1. The lowest BCUT2D eigenvalue weighted by molar-refractivity contribution is -0.384. The highest BCUT2D eigenvalue weighted by Gasteiger charge is 2.24. The summed E-state index contributed by atoms with van der Waals surface area (Å²) in [4.78, 5) is 40.3. The lowest BCUT2D eigenvalue weighted by Gasteiger charge is -2.15. The van der Waals surface area contributed by atoms with Crippen LogP contribution in [-0.4, -0.2) is 27.9 Å². The van der Waals surface area contributed by atoms with E-state index in [-0.39, 0.29) is 22.8 Å². The van der Waals surface area contributed by atoms with Gasteiger partial charge in [0.15, 0.2) is 11.7 Å². The second kappa shape index (κ2) is 8.91. The third-order valence-corrected chi connectivity index (χ3v) is 5.01. The summed E-state index contributed by atoms with van der Waals surface area (Å²) in [6.07, 6.45) is -1.16. The number of oxazole rings is 1. The summed E-state index contributed by atoms with van der Waals surface area (Å²) in [5.41, 5.74) is 2.59. The number of benzene rings is 3. The fourth-order valence-corrected chi connectivity index (χ4v) is 3.21. The summed E-state index contributed by atoms with van der Waals surface area (Å²) in [7, 11) is 0. The second-order valence-electron chi connectivity index (χ2n) is 7.33. The molecule has 3 aromatic carbocycles. The maximum atomic E-state index is 12.9. The van der Waals surface area contributed by atoms with Gasteiger partial charge in [-0.05, 0) is 43.7 Å². The molecule has 1 aromatic heterocycles. The van der Waals surface area contributed by atoms with Gasteiger partial charge in [-0.1, -0.05) is 30.3 Å². The number of amides is 1. The molecule has 0 radical (unpaired) electrons. The van der Waals surface area contributed by atoms with Crippen LogP contribution in [-0.2, 0) is 9.53 Å². The molecule has 33 heavy (non-hydrogen) atoms. The Morgan fingerprint density at radius 1 is 1.09 bits per heavy atom. The molecule has 0 fully saturated rings. The largest absolute Gasteiger partial charge is 0.449 e. The number of esters is 1. The third-order valence-electron chi connectivity index (χ3n) is 5.01. The number of nitrogens with zero attached hydrogens (tertiary/aromatic N) is 2. The van der Waals surface area contributed by atoms with Crippen LogP contribution in [0.5, 0.6) is 0 Å². The molecule has 4 aromatic rings. The van der Waals surface area contributed by atoms with E-state index in [9.17, 15) is 19.7 Å². The van der Waals surface area contributed by atoms with Crippen LogP contribution in [0.25, 0.3) is 22.6 Å². The molecule has 9 nitrogen and oxygen atoms in total. The molecular weight excluding hydrogens is 426 g/mol. The van der Waals surface area contributed by atoms with Gasteiger partial charge in [0.25, 0.3) is 11.6 Å². The number of carbonyl (C=O) groups is 2. The first-order valence-electron chi connectivity index (χ1n) is 10.1. The first-order valence-corrected chi connectivity index (χ1v) is 10.1. The van der Waals surface area contributed by atoms with Crippen molar-refractivity contribution in [1.29, 1.82) is 0 Å². The SMILES string of the molecule is Cc1ccc([N+](=O)[O-])cc1NC(=O)C(C)OC(=O)c1ccccc1-c1nc2ccccc2o1. The number of nitrogens with one attached hydrogen (secondary N) is 1. The number of para-hydroxylation sites is 2. The third kappa shape index (κ3) is 4.57. The van der Waals surface area contributed by atoms with Gasteiger partial charge in [-0.3, -0.25) is 14.9 Å². The van der Waals surface area contributed by atoms with Crippen LogP contribution in [0.1, 0.15) is 22.8 Å². The van der Waals surface area contributed by atoms with Crippen LogP contribution < -0.4 is 5.32 Å². The smallest absolute Gasteiger partial charge is 0.339 e. The highest BCUT2D eigenvalue weighted by Crippen LogP contribution is 2.28. The summed E-state index contributed by atoms with van der Waals surface area (Å²) in [5, 5.41) is 13.6. The van der Waals surface area contributed by atoms with Crippen LogP contribution in [0.3, 0.4) is 0 Å². The molecule has 1 amide bonds. The van der Waals surface area contributed by atoms with E-state index in [1.165, 1.54) is 25.1 Å². The van der Waals surface area contributed by atoms with Gasteiger partial charge in [-0.2, -0.15) is 0 Å². The molecule has 0 spiro atoms. The summed E-state index contributed by atoms with van der Waals surface area (Å²) >= 11 is 0. The average Bonchev–Trinajstić information content (AvgIpc) is 3.24. The molecule has 1 atom stereocenters. The normalized spacial score (nSPS) is 11.7. The minimum atomic E-state index is -1.16. The molecule has 0 bridgehead atoms. The standard InChI is InChI=1S/C24H19N3O6/c1-14-11-12-16(27(30)31)13-20(14)25-22(28)15(2)32-24(29)18-8-4-3-7-17(18)23-26-19-9-5-6-10-21(19)33-23/h3-13,15H,1-2H3,(H,25,28). The fourth-order valence-electron chi connectivity index (χ4n) is 3.21. The van der Waals surface area contributed by atoms with Gasteiger partial charge in [0, 0.05) is 12.1 Å². The molecule has 9 heteroatoms. The number of nitro benzene ring substituents is 1. The molecule has 1 N–H and O–H groups in total. The van der Waals surface area contributed by atoms with Crippen molar-refractivity contribution in [2.45, 2.75) is 20.0 Å². The van der Waals surface area contributed by atoms with E-state index in [1.807, 2.05) is 12.1 Å². The Hall–Kier alpha value is -4.53. The Morgan fingerprint density at radius 3 is 2.58 bits per heavy atom. The Balaban J connectivity index is 1.52. The molecule has 0 aliphatic carbocycles. The predicted molar refractivity (Wildman–Crippen MR) is 121 cm³/mol. The Morgan fingerprint density at radius 2 is 1.82 bits per heavy atom. The van der Waals surface area contributed by atoms with Crippen molar-refractivity contribution in [3.8, 4) is 11.5 Å². The lowest BCUT2D eigenvalue weighted by atomic mass is 10.1. The van der Waals surface area contributed by atoms with Crippen LogP contribution in [0.4, 0.5) is 11.4 Å². The van der Waals surface area contributed by atoms with Crippen molar-refractivity contribution < 1.29 is 23.7 Å². The van der Waals surface area contributed by atoms with Crippen molar-refractivity contribution in [2.75, 3.05) is 5.32 Å². The van der Waals surface area contributed by atoms with E-state index >= 15 is 0 Å². The van der Waals surface area contributed by atoms with Crippen molar-refractivity contribution in [3.63, 3.8) is 0 Å². The van der Waals surface area contributed by atoms with Gasteiger partial charge >= 0.3 is 5.97 Å². The summed E-state index contributed by atoms with van der Waals surface area (Å²) in [6.45, 7) is 3.12. The van der Waals surface area contributed by atoms with Gasteiger partial charge in [0.05, 0.1) is 21.7 Å². The monoisotopic (exact) mass is 445 g/mol. The van der Waals surface area contributed by atoms with Crippen LogP contribution >= 0.6 is 0 Å². The van der Waals surface area contributed by atoms with E-state index in [1.54, 1.807) is 43.3 Å². The molecule has 1 heterocycles. The molecular formula is C24H19N3O6. The number of aromatic nitrogens is 1. The Kier molecular flexibility index (Phi) is 5.86. The molecule has 0 aliphatic heterocycles. The minimum absolute atomic E-state index is 0.159. The molecule has 0 saturated carbocycles. The molecule has 0 saturated heterocycles. The summed E-state index contributed by atoms with van der Waals surface area (Å²) in [6, 6.07) is 18.0. The maximum absolute atomic E-state index is 12.9. The van der Waals surface area contributed by atoms with Crippen molar-refractivity contribution in [3.05, 3.63) is 88.0 Å². The zero-order valence-electron chi connectivity index (χ0n) is 17.8. The number of hydrogen-bond acceptors (Lipinski definition) is 7. The number of anilines is 1. The van der Waals surface area contributed by atoms with Crippen LogP contribution in [0, 0.1) is 17.0 Å². The number of non-ortho nitro benzene ring substituents is 1. The van der Waals surface area contributed by atoms with Gasteiger partial charge in [-0.15, -0.1) is 0 Å². The average molecular weight is 445 g/mol. The van der Waals surface area contributed by atoms with Crippen LogP contribution in [0.2, 0.25) is 0 Å². The minimum Gasteiger partial charge on any atom is -0.449 e. The van der Waals surface area contributed by atoms with Gasteiger partial charge in [-0.25, -0.2) is 9.78 Å². The number of ether oxygens (including phenoxy) is 1. The molecule has 1 unspecified atom stereocenters. The Labute approximate surface area is 188 Å². The van der Waals surface area contributed by atoms with E-state index in [4.69, 9.17) is 9.15 Å². The highest BCUT2D eigenvalue weighted by molar-refractivity contribution is 6.00. The maximum Gasteiger partial charge on any atom is 0.339 e. The Bertz CT molecular complexity index is 1340. The molecule has 4 rings (SSSR count). The number of carbonyl (C=O) groups excluding carboxylic acids is 2. The van der Waals surface area contributed by atoms with Crippen molar-refractivity contribution in [2.24, 2.45) is 0 Å². The van der Waals surface area contributed by atoms with Gasteiger partial charge < -0.3 is 14.5 Å². The first kappa shape index (κ1) is 21.7. The topological polar surface area (TPSA) is 125 Å². The summed E-state index contributed by atoms with van der Waals surface area (Å²) in [5.74, 6) is -1.09. The lowest BCUT2D eigenvalue weighted by Crippen LogP contribution is -2.30. The number of aryl methyl sites for hydroxylation is 1. The predicted octanol–water partition coefficient (Wildman–Crippen LogP) is 4.90. The quantitative estimate of drug-likeness (QED) is 0.254. The van der Waals surface area contributed by atoms with E-state index in [2.05, 4.69) is 10.3 Å². The number of nitro groups is 1. The van der Waals surface area contributed by atoms with Crippen molar-refractivity contribution >= 4 is 34.4 Å². The molecule has 0 aliphatic rings. The second-order valence-corrected chi connectivity index (χ2v) is 7.33. The molecule has 166 valence electrons. The van der Waals surface area contributed by atoms with Crippen LogP contribution in [0.15, 0.2) is 71.1 Å². The zero-order valence-corrected chi connectivity index (χ0v) is 17.8.